The summed E-state index contributed by atoms with van der Waals surface area (Å²) in [7, 11) is 0. The van der Waals surface area contributed by atoms with Gasteiger partial charge >= 0.3 is 0 Å². The second-order valence-electron chi connectivity index (χ2n) is 9.57. The highest BCUT2D eigenvalue weighted by molar-refractivity contribution is 7.98. The lowest BCUT2D eigenvalue weighted by atomic mass is 10.1. The number of anilines is 2. The summed E-state index contributed by atoms with van der Waals surface area (Å²) >= 11 is 3.22. The van der Waals surface area contributed by atoms with E-state index in [-0.39, 0.29) is 5.91 Å². The maximum Gasteiger partial charge on any atom is 0.253 e. The van der Waals surface area contributed by atoms with Crippen LogP contribution in [0.15, 0.2) is 65.8 Å². The van der Waals surface area contributed by atoms with Crippen molar-refractivity contribution in [3.63, 3.8) is 0 Å². The number of thiazole rings is 1. The van der Waals surface area contributed by atoms with Crippen LogP contribution in [0.4, 0.5) is 11.1 Å². The molecule has 5 rings (SSSR count). The third kappa shape index (κ3) is 6.80. The maximum atomic E-state index is 13.2. The smallest absolute Gasteiger partial charge is 0.253 e. The van der Waals surface area contributed by atoms with E-state index in [4.69, 9.17) is 4.98 Å². The van der Waals surface area contributed by atoms with E-state index in [1.165, 1.54) is 5.56 Å². The Bertz CT molecular complexity index is 1340. The van der Waals surface area contributed by atoms with Gasteiger partial charge in [0.2, 0.25) is 5.95 Å². The number of carbonyl (C=O) groups is 1. The molecule has 1 aliphatic heterocycles. The van der Waals surface area contributed by atoms with Crippen LogP contribution in [0.2, 0.25) is 0 Å². The number of carbonyl (C=O) groups excluding carboxylic acids is 1. The Morgan fingerprint density at radius 2 is 1.76 bits per heavy atom. The summed E-state index contributed by atoms with van der Waals surface area (Å²) in [5.41, 5.74) is 2.96. The van der Waals surface area contributed by atoms with Crippen LogP contribution in [-0.4, -0.2) is 76.2 Å². The minimum Gasteiger partial charge on any atom is -0.361 e. The van der Waals surface area contributed by atoms with Crippen molar-refractivity contribution < 1.29 is 4.79 Å². The monoisotopic (exact) mass is 547 g/mol. The second-order valence-corrected chi connectivity index (χ2v) is 11.5. The average Bonchev–Trinajstić information content (AvgIpc) is 3.38. The van der Waals surface area contributed by atoms with E-state index < -0.39 is 0 Å². The van der Waals surface area contributed by atoms with Crippen LogP contribution in [0.1, 0.15) is 22.8 Å². The normalized spacial score (nSPS) is 14.9. The first-order chi connectivity index (χ1) is 18.6. The highest BCUT2D eigenvalue weighted by atomic mass is 32.2. The van der Waals surface area contributed by atoms with Gasteiger partial charge in [0.05, 0.1) is 10.2 Å². The van der Waals surface area contributed by atoms with Gasteiger partial charge in [0.25, 0.3) is 5.91 Å². The molecule has 0 saturated carbocycles. The molecule has 10 heteroatoms. The van der Waals surface area contributed by atoms with Gasteiger partial charge in [0, 0.05) is 68.7 Å². The van der Waals surface area contributed by atoms with Crippen molar-refractivity contribution in [1.29, 1.82) is 0 Å². The van der Waals surface area contributed by atoms with E-state index >= 15 is 0 Å². The summed E-state index contributed by atoms with van der Waals surface area (Å²) in [6.45, 7) is 7.90. The van der Waals surface area contributed by atoms with E-state index in [1.807, 2.05) is 47.8 Å². The van der Waals surface area contributed by atoms with Crippen LogP contribution in [0.25, 0.3) is 10.2 Å². The Kier molecular flexibility index (Phi) is 8.72. The molecule has 2 aromatic carbocycles. The Hall–Kier alpha value is -3.21. The molecule has 0 aliphatic carbocycles. The molecule has 198 valence electrons. The number of hydrogen-bond donors (Lipinski definition) is 2. The topological polar surface area (TPSA) is 86.3 Å². The summed E-state index contributed by atoms with van der Waals surface area (Å²) in [6.07, 6.45) is 5.67. The standard InChI is InChI=1S/C28H33N7OS2/c1-20(15-29-27-30-17-23(37-2)18-31-27)16-32-28-33-24-9-8-22(14-25(24)38-28)26(36)35-12-10-34(11-13-35)19-21-6-4-3-5-7-21/h3-9,14,17-18,20H,10-13,15-16,19H2,1-2H3,(H,32,33)(H,29,30,31)/t20-/m0/s1. The Morgan fingerprint density at radius 1 is 1.03 bits per heavy atom. The molecule has 3 heterocycles. The zero-order valence-electron chi connectivity index (χ0n) is 21.8. The average molecular weight is 548 g/mol. The highest BCUT2D eigenvalue weighted by Gasteiger charge is 2.22. The second kappa shape index (κ2) is 12.6. The van der Waals surface area contributed by atoms with Crippen LogP contribution < -0.4 is 10.6 Å². The van der Waals surface area contributed by atoms with Crippen LogP contribution in [-0.2, 0) is 6.54 Å². The van der Waals surface area contributed by atoms with Gasteiger partial charge in [-0.05, 0) is 35.9 Å². The zero-order chi connectivity index (χ0) is 26.3. The van der Waals surface area contributed by atoms with Crippen molar-refractivity contribution >= 4 is 50.3 Å². The number of fused-ring (bicyclic) bond motifs is 1. The van der Waals surface area contributed by atoms with E-state index in [0.717, 1.165) is 71.6 Å². The van der Waals surface area contributed by atoms with Crippen LogP contribution in [0, 0.1) is 5.92 Å². The molecule has 0 unspecified atom stereocenters. The lowest BCUT2D eigenvalue weighted by Gasteiger charge is -2.34. The first kappa shape index (κ1) is 26.4. The molecule has 0 radical (unpaired) electrons. The van der Waals surface area contributed by atoms with Crippen molar-refractivity contribution in [2.75, 3.05) is 56.2 Å². The largest absolute Gasteiger partial charge is 0.361 e. The number of rotatable bonds is 10. The Labute approximate surface area is 231 Å². The van der Waals surface area contributed by atoms with Crippen molar-refractivity contribution in [3.8, 4) is 0 Å². The SMILES string of the molecule is CSc1cnc(NC[C@H](C)CNc2nc3ccc(C(=O)N4CCN(Cc5ccccc5)CC4)cc3s2)nc1. The van der Waals surface area contributed by atoms with Crippen molar-refractivity contribution in [3.05, 3.63) is 72.1 Å². The molecule has 38 heavy (non-hydrogen) atoms. The molecule has 4 aromatic rings. The van der Waals surface area contributed by atoms with E-state index in [2.05, 4.69) is 56.7 Å². The molecular weight excluding hydrogens is 514 g/mol. The van der Waals surface area contributed by atoms with Gasteiger partial charge in [-0.2, -0.15) is 0 Å². The summed E-state index contributed by atoms with van der Waals surface area (Å²) < 4.78 is 1.02. The zero-order valence-corrected chi connectivity index (χ0v) is 23.4. The minimum absolute atomic E-state index is 0.0987. The van der Waals surface area contributed by atoms with Gasteiger partial charge in [0.1, 0.15) is 0 Å². The minimum atomic E-state index is 0.0987. The third-order valence-electron chi connectivity index (χ3n) is 6.62. The first-order valence-corrected chi connectivity index (χ1v) is 14.9. The van der Waals surface area contributed by atoms with E-state index in [9.17, 15) is 4.79 Å². The molecule has 1 amide bonds. The van der Waals surface area contributed by atoms with Gasteiger partial charge in [0.15, 0.2) is 5.13 Å². The number of hydrogen-bond acceptors (Lipinski definition) is 9. The molecule has 2 aromatic heterocycles. The molecule has 8 nitrogen and oxygen atoms in total. The van der Waals surface area contributed by atoms with Crippen LogP contribution in [0.5, 0.6) is 0 Å². The van der Waals surface area contributed by atoms with E-state index in [1.54, 1.807) is 23.1 Å². The highest BCUT2D eigenvalue weighted by Crippen LogP contribution is 2.27. The van der Waals surface area contributed by atoms with Crippen molar-refractivity contribution in [2.45, 2.75) is 18.4 Å². The van der Waals surface area contributed by atoms with Gasteiger partial charge < -0.3 is 15.5 Å². The van der Waals surface area contributed by atoms with Crippen molar-refractivity contribution in [1.82, 2.24) is 24.8 Å². The summed E-state index contributed by atoms with van der Waals surface area (Å²) in [5, 5.41) is 7.61. The summed E-state index contributed by atoms with van der Waals surface area (Å²) in [4.78, 5) is 32.0. The van der Waals surface area contributed by atoms with Crippen molar-refractivity contribution in [2.24, 2.45) is 5.92 Å². The number of nitrogens with zero attached hydrogens (tertiary/aromatic N) is 5. The molecule has 0 spiro atoms. The molecular formula is C28H33N7OS2. The number of nitrogens with one attached hydrogen (secondary N) is 2. The van der Waals surface area contributed by atoms with Gasteiger partial charge in [-0.25, -0.2) is 15.0 Å². The fourth-order valence-corrected chi connectivity index (χ4v) is 5.61. The fourth-order valence-electron chi connectivity index (χ4n) is 4.38. The predicted molar refractivity (Wildman–Crippen MR) is 157 cm³/mol. The Balaban J connectivity index is 1.11. The van der Waals surface area contributed by atoms with Crippen LogP contribution in [0.3, 0.4) is 0 Å². The lowest BCUT2D eigenvalue weighted by molar-refractivity contribution is 0.0628. The van der Waals surface area contributed by atoms with Gasteiger partial charge in [-0.1, -0.05) is 48.6 Å². The number of piperazine rings is 1. The lowest BCUT2D eigenvalue weighted by Crippen LogP contribution is -2.48. The number of aromatic nitrogens is 3. The number of benzene rings is 2. The maximum absolute atomic E-state index is 13.2. The Morgan fingerprint density at radius 3 is 2.50 bits per heavy atom. The molecule has 2 N–H and O–H groups in total. The van der Waals surface area contributed by atoms with Crippen LogP contribution >= 0.6 is 23.1 Å². The third-order valence-corrected chi connectivity index (χ3v) is 8.28. The molecule has 1 fully saturated rings. The summed E-state index contributed by atoms with van der Waals surface area (Å²) in [5.74, 6) is 1.09. The quantitative estimate of drug-likeness (QED) is 0.271. The number of amides is 1. The molecule has 1 saturated heterocycles. The fraction of sp³-hybridized carbons (Fsp3) is 0.357. The molecule has 1 aliphatic rings. The molecule has 0 bridgehead atoms. The van der Waals surface area contributed by atoms with Gasteiger partial charge in [-0.15, -0.1) is 11.8 Å². The first-order valence-electron chi connectivity index (χ1n) is 12.9. The number of thioether (sulfide) groups is 1. The summed E-state index contributed by atoms with van der Waals surface area (Å²) in [6, 6.07) is 16.3. The van der Waals surface area contributed by atoms with E-state index in [0.29, 0.717) is 11.9 Å². The van der Waals surface area contributed by atoms with Gasteiger partial charge in [-0.3, -0.25) is 9.69 Å². The molecule has 1 atom stereocenters. The predicted octanol–water partition coefficient (Wildman–Crippen LogP) is 4.93.